The molecule has 0 spiro atoms. The predicted molar refractivity (Wildman–Crippen MR) is 104 cm³/mol. The summed E-state index contributed by atoms with van der Waals surface area (Å²) in [5.74, 6) is 0.932. The van der Waals surface area contributed by atoms with Crippen molar-refractivity contribution in [2.24, 2.45) is 5.10 Å². The van der Waals surface area contributed by atoms with Crippen LogP contribution in [0.4, 0.5) is 0 Å². The number of aliphatic hydroxyl groups excluding tert-OH is 1. The number of fused-ring (bicyclic) bond motifs is 3. The molecule has 4 nitrogen and oxygen atoms in total. The van der Waals surface area contributed by atoms with Gasteiger partial charge < -0.3 is 9.84 Å². The zero-order chi connectivity index (χ0) is 18.5. The third-order valence-corrected chi connectivity index (χ3v) is 5.15. The van der Waals surface area contributed by atoms with Crippen molar-refractivity contribution in [3.05, 3.63) is 75.5 Å². The van der Waals surface area contributed by atoms with Crippen molar-refractivity contribution < 1.29 is 9.84 Å². The normalized spacial score (nSPS) is 24.6. The molecule has 0 fully saturated rings. The lowest BCUT2D eigenvalue weighted by Crippen LogP contribution is -2.50. The summed E-state index contributed by atoms with van der Waals surface area (Å²) in [6.45, 7) is 3.52. The number of allylic oxidation sites excluding steroid dienone is 1. The molecule has 2 heterocycles. The molecule has 1 N–H and O–H groups in total. The number of hydrogen-bond donors (Lipinski definition) is 1. The first-order chi connectivity index (χ1) is 12.4. The highest BCUT2D eigenvalue weighted by Gasteiger charge is 2.46. The minimum absolute atomic E-state index is 0.0243. The summed E-state index contributed by atoms with van der Waals surface area (Å²) in [5.41, 5.74) is 2.06. The molecule has 6 heteroatoms. The van der Waals surface area contributed by atoms with E-state index in [0.29, 0.717) is 16.5 Å². The molecule has 0 amide bonds. The first-order valence-corrected chi connectivity index (χ1v) is 9.11. The van der Waals surface area contributed by atoms with Crippen LogP contribution in [0.3, 0.4) is 0 Å². The van der Waals surface area contributed by atoms with Crippen molar-refractivity contribution in [3.63, 3.8) is 0 Å². The van der Waals surface area contributed by atoms with Crippen molar-refractivity contribution in [3.8, 4) is 5.75 Å². The second-order valence-electron chi connectivity index (χ2n) is 6.74. The van der Waals surface area contributed by atoms with E-state index in [-0.39, 0.29) is 11.8 Å². The number of aliphatic hydroxyl groups is 1. The largest absolute Gasteiger partial charge is 0.513 e. The van der Waals surface area contributed by atoms with Gasteiger partial charge in [-0.1, -0.05) is 35.3 Å². The van der Waals surface area contributed by atoms with E-state index in [4.69, 9.17) is 33.0 Å². The topological polar surface area (TPSA) is 45.1 Å². The molecule has 4 rings (SSSR count). The fourth-order valence-corrected chi connectivity index (χ4v) is 3.91. The number of benzene rings is 2. The quantitative estimate of drug-likeness (QED) is 0.669. The van der Waals surface area contributed by atoms with Crippen LogP contribution >= 0.6 is 23.2 Å². The third-order valence-electron chi connectivity index (χ3n) is 4.67. The SMILES string of the molecule is C/C(O)=C\[C@]1(C)Oc2ccc(Cl)cc2[C@H]2CC(c3ccc(Cl)cc3)=NN21. The Bertz CT molecular complexity index is 920. The van der Waals surface area contributed by atoms with Crippen molar-refractivity contribution in [2.75, 3.05) is 0 Å². The average molecular weight is 389 g/mol. The van der Waals surface area contributed by atoms with E-state index in [9.17, 15) is 5.11 Å². The number of hydrogen-bond acceptors (Lipinski definition) is 4. The Balaban J connectivity index is 1.82. The summed E-state index contributed by atoms with van der Waals surface area (Å²) in [5, 5.41) is 17.9. The Hall–Kier alpha value is -2.17. The summed E-state index contributed by atoms with van der Waals surface area (Å²) >= 11 is 12.2. The smallest absolute Gasteiger partial charge is 0.218 e. The highest BCUT2D eigenvalue weighted by atomic mass is 35.5. The maximum atomic E-state index is 9.87. The fourth-order valence-electron chi connectivity index (χ4n) is 3.60. The van der Waals surface area contributed by atoms with Gasteiger partial charge in [0.05, 0.1) is 17.5 Å². The van der Waals surface area contributed by atoms with E-state index in [1.165, 1.54) is 0 Å². The summed E-state index contributed by atoms with van der Waals surface area (Å²) < 4.78 is 6.21. The number of hydrazone groups is 1. The van der Waals surface area contributed by atoms with Crippen molar-refractivity contribution >= 4 is 28.9 Å². The summed E-state index contributed by atoms with van der Waals surface area (Å²) in [6.07, 6.45) is 2.39. The monoisotopic (exact) mass is 388 g/mol. The maximum absolute atomic E-state index is 9.87. The molecule has 2 aliphatic rings. The maximum Gasteiger partial charge on any atom is 0.218 e. The van der Waals surface area contributed by atoms with Crippen LogP contribution in [0.25, 0.3) is 0 Å². The lowest BCUT2D eigenvalue weighted by atomic mass is 9.94. The van der Waals surface area contributed by atoms with E-state index >= 15 is 0 Å². The van der Waals surface area contributed by atoms with E-state index in [2.05, 4.69) is 0 Å². The number of rotatable bonds is 2. The molecule has 2 aliphatic heterocycles. The molecular weight excluding hydrogens is 371 g/mol. The molecule has 0 aliphatic carbocycles. The van der Waals surface area contributed by atoms with Gasteiger partial charge in [0.15, 0.2) is 0 Å². The van der Waals surface area contributed by atoms with Gasteiger partial charge in [0.25, 0.3) is 0 Å². The van der Waals surface area contributed by atoms with Gasteiger partial charge in [0, 0.05) is 35.0 Å². The van der Waals surface area contributed by atoms with Crippen LogP contribution in [0.1, 0.15) is 37.4 Å². The molecule has 2 aromatic carbocycles. The van der Waals surface area contributed by atoms with E-state index < -0.39 is 5.72 Å². The molecule has 0 aromatic heterocycles. The second kappa shape index (κ2) is 6.22. The van der Waals surface area contributed by atoms with Gasteiger partial charge in [-0.25, -0.2) is 5.01 Å². The molecule has 2 aromatic rings. The molecule has 26 heavy (non-hydrogen) atoms. The number of ether oxygens (including phenoxy) is 1. The van der Waals surface area contributed by atoms with E-state index in [1.54, 1.807) is 13.0 Å². The summed E-state index contributed by atoms with van der Waals surface area (Å²) in [7, 11) is 0. The lowest BCUT2D eigenvalue weighted by molar-refractivity contribution is -0.0697. The Morgan fingerprint density at radius 2 is 1.92 bits per heavy atom. The van der Waals surface area contributed by atoms with Crippen molar-refractivity contribution in [1.82, 2.24) is 5.01 Å². The first kappa shape index (κ1) is 17.3. The molecule has 0 saturated carbocycles. The van der Waals surface area contributed by atoms with Gasteiger partial charge in [-0.3, -0.25) is 0 Å². The van der Waals surface area contributed by atoms with Crippen molar-refractivity contribution in [1.29, 1.82) is 0 Å². The summed E-state index contributed by atoms with van der Waals surface area (Å²) in [4.78, 5) is 0. The lowest BCUT2D eigenvalue weighted by Gasteiger charge is -2.44. The molecule has 0 saturated heterocycles. The first-order valence-electron chi connectivity index (χ1n) is 8.35. The summed E-state index contributed by atoms with van der Waals surface area (Å²) in [6, 6.07) is 13.2. The van der Waals surface area contributed by atoms with Crippen LogP contribution < -0.4 is 4.74 Å². The van der Waals surface area contributed by atoms with Gasteiger partial charge in [-0.2, -0.15) is 5.10 Å². The van der Waals surface area contributed by atoms with Crippen LogP contribution in [0.2, 0.25) is 10.0 Å². The highest BCUT2D eigenvalue weighted by molar-refractivity contribution is 6.31. The Morgan fingerprint density at radius 3 is 2.62 bits per heavy atom. The molecule has 2 atom stereocenters. The zero-order valence-electron chi connectivity index (χ0n) is 14.4. The molecule has 0 radical (unpaired) electrons. The van der Waals surface area contributed by atoms with Crippen LogP contribution in [0, 0.1) is 0 Å². The predicted octanol–water partition coefficient (Wildman–Crippen LogP) is 5.71. The standard InChI is InChI=1S/C20H18Cl2N2O2/c1-12(25)11-20(2)24-18(16-9-15(22)7-8-19(16)26-20)10-17(23-24)13-3-5-14(21)6-4-13/h3-9,11,18,25H,10H2,1-2H3/b12-11+/t18-,20+/m1/s1. The van der Waals surface area contributed by atoms with Gasteiger partial charge >= 0.3 is 0 Å². The van der Waals surface area contributed by atoms with Crippen LogP contribution in [-0.4, -0.2) is 21.6 Å². The number of nitrogens with zero attached hydrogens (tertiary/aromatic N) is 2. The third kappa shape index (κ3) is 2.93. The minimum atomic E-state index is -0.890. The second-order valence-corrected chi connectivity index (χ2v) is 7.62. The van der Waals surface area contributed by atoms with E-state index in [0.717, 1.165) is 22.6 Å². The molecular formula is C20H18Cl2N2O2. The fraction of sp³-hybridized carbons (Fsp3) is 0.250. The van der Waals surface area contributed by atoms with Gasteiger partial charge in [0.1, 0.15) is 5.75 Å². The Labute approximate surface area is 162 Å². The number of halogens is 2. The molecule has 0 unspecified atom stereocenters. The molecule has 134 valence electrons. The Kier molecular flexibility index (Phi) is 4.13. The van der Waals surface area contributed by atoms with E-state index in [1.807, 2.05) is 54.4 Å². The van der Waals surface area contributed by atoms with Crippen LogP contribution in [0.5, 0.6) is 5.75 Å². The van der Waals surface area contributed by atoms with Gasteiger partial charge in [-0.05, 0) is 42.8 Å². The van der Waals surface area contributed by atoms with Gasteiger partial charge in [0.2, 0.25) is 5.72 Å². The Morgan fingerprint density at radius 1 is 1.23 bits per heavy atom. The van der Waals surface area contributed by atoms with Crippen molar-refractivity contribution in [2.45, 2.75) is 32.0 Å². The minimum Gasteiger partial charge on any atom is -0.513 e. The van der Waals surface area contributed by atoms with Gasteiger partial charge in [-0.15, -0.1) is 0 Å². The highest BCUT2D eigenvalue weighted by Crippen LogP contribution is 2.48. The van der Waals surface area contributed by atoms with Crippen LogP contribution in [-0.2, 0) is 0 Å². The average Bonchev–Trinajstić information content (AvgIpc) is 3.02. The van der Waals surface area contributed by atoms with Crippen LogP contribution in [0.15, 0.2) is 59.4 Å². The molecule has 0 bridgehead atoms. The zero-order valence-corrected chi connectivity index (χ0v) is 15.9.